The highest BCUT2D eigenvalue weighted by Crippen LogP contribution is 2.11. The molecule has 0 aliphatic carbocycles. The Kier molecular flexibility index (Phi) is 7.33. The average Bonchev–Trinajstić information content (AvgIpc) is 2.36. The van der Waals surface area contributed by atoms with Crippen molar-refractivity contribution in [3.63, 3.8) is 0 Å². The third-order valence-electron chi connectivity index (χ3n) is 2.86. The van der Waals surface area contributed by atoms with Gasteiger partial charge in [-0.25, -0.2) is 0 Å². The van der Waals surface area contributed by atoms with E-state index in [0.717, 1.165) is 18.3 Å². The molecule has 0 amide bonds. The minimum absolute atomic E-state index is 0.694. The lowest BCUT2D eigenvalue weighted by atomic mass is 10.1. The first-order chi connectivity index (χ1) is 8.27. The van der Waals surface area contributed by atoms with Gasteiger partial charge in [-0.3, -0.25) is 0 Å². The highest BCUT2D eigenvalue weighted by Gasteiger charge is 2.02. The topological polar surface area (TPSA) is 21.3 Å². The quantitative estimate of drug-likeness (QED) is 0.719. The SMILES string of the molecule is COCc1ccccc1CNCCC(C)SC. The number of nitrogens with one attached hydrogen (secondary N) is 1. The molecule has 0 bridgehead atoms. The zero-order chi connectivity index (χ0) is 12.5. The molecule has 0 saturated carbocycles. The van der Waals surface area contributed by atoms with Crippen LogP contribution in [0.3, 0.4) is 0 Å². The van der Waals surface area contributed by atoms with Gasteiger partial charge in [0.2, 0.25) is 0 Å². The van der Waals surface area contributed by atoms with Crippen LogP contribution in [0.1, 0.15) is 24.5 Å². The molecule has 96 valence electrons. The zero-order valence-corrected chi connectivity index (χ0v) is 11.8. The minimum atomic E-state index is 0.694. The van der Waals surface area contributed by atoms with Crippen LogP contribution in [-0.2, 0) is 17.9 Å². The summed E-state index contributed by atoms with van der Waals surface area (Å²) < 4.78 is 5.20. The molecule has 3 heteroatoms. The number of thioether (sulfide) groups is 1. The molecule has 1 aromatic rings. The highest BCUT2D eigenvalue weighted by molar-refractivity contribution is 7.99. The molecule has 1 atom stereocenters. The molecule has 0 saturated heterocycles. The summed E-state index contributed by atoms with van der Waals surface area (Å²) in [6, 6.07) is 8.44. The molecule has 0 fully saturated rings. The second-order valence-corrected chi connectivity index (χ2v) is 5.49. The fraction of sp³-hybridized carbons (Fsp3) is 0.571. The first kappa shape index (κ1) is 14.6. The molecule has 0 aromatic heterocycles. The third-order valence-corrected chi connectivity index (χ3v) is 3.90. The van der Waals surface area contributed by atoms with Crippen molar-refractivity contribution in [3.05, 3.63) is 35.4 Å². The van der Waals surface area contributed by atoms with Crippen molar-refractivity contribution in [1.82, 2.24) is 5.32 Å². The Morgan fingerprint density at radius 3 is 2.65 bits per heavy atom. The van der Waals surface area contributed by atoms with Crippen LogP contribution in [0.15, 0.2) is 24.3 Å². The molecule has 1 unspecified atom stereocenters. The summed E-state index contributed by atoms with van der Waals surface area (Å²) in [5.41, 5.74) is 2.62. The normalized spacial score (nSPS) is 12.6. The predicted molar refractivity (Wildman–Crippen MR) is 76.5 cm³/mol. The van der Waals surface area contributed by atoms with E-state index in [4.69, 9.17) is 4.74 Å². The summed E-state index contributed by atoms with van der Waals surface area (Å²) >= 11 is 1.92. The van der Waals surface area contributed by atoms with Crippen LogP contribution < -0.4 is 5.32 Å². The fourth-order valence-electron chi connectivity index (χ4n) is 1.67. The largest absolute Gasteiger partial charge is 0.380 e. The Morgan fingerprint density at radius 1 is 1.29 bits per heavy atom. The van der Waals surface area contributed by atoms with Gasteiger partial charge in [-0.1, -0.05) is 31.2 Å². The van der Waals surface area contributed by atoms with Crippen LogP contribution in [0.25, 0.3) is 0 Å². The molecule has 0 aliphatic heterocycles. The molecule has 0 spiro atoms. The Bertz CT molecular complexity index is 317. The van der Waals surface area contributed by atoms with Crippen LogP contribution >= 0.6 is 11.8 Å². The summed E-state index contributed by atoms with van der Waals surface area (Å²) in [5, 5.41) is 4.23. The Balaban J connectivity index is 2.35. The lowest BCUT2D eigenvalue weighted by molar-refractivity contribution is 0.184. The number of rotatable bonds is 8. The highest BCUT2D eigenvalue weighted by atomic mass is 32.2. The van der Waals surface area contributed by atoms with Crippen LogP contribution in [0.2, 0.25) is 0 Å². The van der Waals surface area contributed by atoms with Gasteiger partial charge in [0.1, 0.15) is 0 Å². The van der Waals surface area contributed by atoms with Crippen molar-refractivity contribution in [2.24, 2.45) is 0 Å². The van der Waals surface area contributed by atoms with E-state index in [2.05, 4.69) is 42.8 Å². The van der Waals surface area contributed by atoms with Crippen molar-refractivity contribution in [2.75, 3.05) is 19.9 Å². The summed E-state index contributed by atoms with van der Waals surface area (Å²) in [7, 11) is 1.74. The van der Waals surface area contributed by atoms with E-state index in [1.54, 1.807) is 7.11 Å². The molecule has 0 aliphatic rings. The predicted octanol–water partition coefficient (Wildman–Crippen LogP) is 3.06. The second-order valence-electron chi connectivity index (χ2n) is 4.21. The number of hydrogen-bond acceptors (Lipinski definition) is 3. The van der Waals surface area contributed by atoms with E-state index in [9.17, 15) is 0 Å². The molecule has 1 N–H and O–H groups in total. The molecule has 0 heterocycles. The summed E-state index contributed by atoms with van der Waals surface area (Å²) in [6.45, 7) is 4.97. The van der Waals surface area contributed by atoms with Gasteiger partial charge in [0.25, 0.3) is 0 Å². The summed E-state index contributed by atoms with van der Waals surface area (Å²) in [4.78, 5) is 0. The van der Waals surface area contributed by atoms with Crippen molar-refractivity contribution in [3.8, 4) is 0 Å². The first-order valence-corrected chi connectivity index (χ1v) is 7.36. The van der Waals surface area contributed by atoms with Gasteiger partial charge in [0.05, 0.1) is 6.61 Å². The van der Waals surface area contributed by atoms with E-state index >= 15 is 0 Å². The number of benzene rings is 1. The Hall–Kier alpha value is -0.510. The lowest BCUT2D eigenvalue weighted by Gasteiger charge is -2.11. The van der Waals surface area contributed by atoms with Gasteiger partial charge in [0, 0.05) is 18.9 Å². The maximum Gasteiger partial charge on any atom is 0.0716 e. The average molecular weight is 253 g/mol. The Labute approximate surface area is 109 Å². The van der Waals surface area contributed by atoms with Gasteiger partial charge in [-0.05, 0) is 30.3 Å². The number of methoxy groups -OCH3 is 1. The molecule has 0 radical (unpaired) electrons. The lowest BCUT2D eigenvalue weighted by Crippen LogP contribution is -2.18. The molecule has 17 heavy (non-hydrogen) atoms. The summed E-state index contributed by atoms with van der Waals surface area (Å²) in [5.74, 6) is 0. The molecule has 2 nitrogen and oxygen atoms in total. The van der Waals surface area contributed by atoms with Crippen molar-refractivity contribution in [2.45, 2.75) is 31.7 Å². The minimum Gasteiger partial charge on any atom is -0.380 e. The van der Waals surface area contributed by atoms with Gasteiger partial charge < -0.3 is 10.1 Å². The van der Waals surface area contributed by atoms with Gasteiger partial charge in [0.15, 0.2) is 0 Å². The fourth-order valence-corrected chi connectivity index (χ4v) is 2.03. The van der Waals surface area contributed by atoms with Crippen LogP contribution in [0.4, 0.5) is 0 Å². The second kappa shape index (κ2) is 8.56. The Morgan fingerprint density at radius 2 is 2.00 bits per heavy atom. The first-order valence-electron chi connectivity index (χ1n) is 6.07. The van der Waals surface area contributed by atoms with Crippen LogP contribution in [0.5, 0.6) is 0 Å². The van der Waals surface area contributed by atoms with Gasteiger partial charge >= 0.3 is 0 Å². The molecule has 1 aromatic carbocycles. The standard InChI is InChI=1S/C14H23NOS/c1-12(17-3)8-9-15-10-13-6-4-5-7-14(13)11-16-2/h4-7,12,15H,8-11H2,1-3H3. The third kappa shape index (κ3) is 5.57. The van der Waals surface area contributed by atoms with E-state index in [0.29, 0.717) is 6.61 Å². The van der Waals surface area contributed by atoms with E-state index < -0.39 is 0 Å². The van der Waals surface area contributed by atoms with Crippen molar-refractivity contribution < 1.29 is 4.74 Å². The van der Waals surface area contributed by atoms with E-state index in [1.807, 2.05) is 11.8 Å². The zero-order valence-electron chi connectivity index (χ0n) is 11.0. The van der Waals surface area contributed by atoms with Crippen LogP contribution in [-0.4, -0.2) is 25.2 Å². The molecule has 1 rings (SSSR count). The molecular formula is C14H23NOS. The number of ether oxygens (including phenoxy) is 1. The van der Waals surface area contributed by atoms with Crippen molar-refractivity contribution in [1.29, 1.82) is 0 Å². The maximum absolute atomic E-state index is 5.20. The van der Waals surface area contributed by atoms with Crippen molar-refractivity contribution >= 4 is 11.8 Å². The monoisotopic (exact) mass is 253 g/mol. The maximum atomic E-state index is 5.20. The van der Waals surface area contributed by atoms with Gasteiger partial charge in [-0.15, -0.1) is 0 Å². The molecular weight excluding hydrogens is 230 g/mol. The van der Waals surface area contributed by atoms with E-state index in [-0.39, 0.29) is 0 Å². The van der Waals surface area contributed by atoms with Gasteiger partial charge in [-0.2, -0.15) is 11.8 Å². The van der Waals surface area contributed by atoms with Crippen LogP contribution in [0, 0.1) is 0 Å². The smallest absolute Gasteiger partial charge is 0.0716 e. The number of hydrogen-bond donors (Lipinski definition) is 1. The van der Waals surface area contributed by atoms with E-state index in [1.165, 1.54) is 17.5 Å². The summed E-state index contributed by atoms with van der Waals surface area (Å²) in [6.07, 6.45) is 3.38.